The first-order chi connectivity index (χ1) is 2.98. The van der Waals surface area contributed by atoms with Gasteiger partial charge in [-0.25, -0.2) is 0 Å². The minimum absolute atomic E-state index is 0.791. The zero-order chi connectivity index (χ0) is 3.72. The molecule has 0 aromatic heterocycles. The average Bonchev–Trinajstić information content (AvgIpc) is 2.30. The van der Waals surface area contributed by atoms with Crippen LogP contribution in [0.1, 0.15) is 0 Å². The van der Waals surface area contributed by atoms with Crippen LogP contribution < -0.4 is 21.2 Å². The Morgan fingerprint density at radius 1 is 1.33 bits per heavy atom. The normalized spacial score (nSPS) is 81.3. The van der Waals surface area contributed by atoms with Crippen LogP contribution >= 0.6 is 0 Å². The van der Waals surface area contributed by atoms with Gasteiger partial charge in [0.15, 0.2) is 0 Å². The molecule has 0 spiro atoms. The van der Waals surface area contributed by atoms with Crippen molar-refractivity contribution in [3.8, 4) is 0 Å². The van der Waals surface area contributed by atoms with Gasteiger partial charge in [-0.1, -0.05) is 0 Å². The number of rotatable bonds is 0. The van der Waals surface area contributed by atoms with E-state index in [1.807, 2.05) is 0 Å². The van der Waals surface area contributed by atoms with E-state index >= 15 is 0 Å². The van der Waals surface area contributed by atoms with Gasteiger partial charge < -0.3 is 0 Å². The molecule has 2 heterocycles. The fourth-order valence-electron chi connectivity index (χ4n) is 1.69. The molecule has 2 unspecified atom stereocenters. The second kappa shape index (κ2) is 0.591. The van der Waals surface area contributed by atoms with Crippen molar-refractivity contribution in [1.82, 2.24) is 0 Å². The molecule has 2 atom stereocenters. The van der Waals surface area contributed by atoms with Crippen LogP contribution in [0.4, 0.5) is 0 Å². The van der Waals surface area contributed by atoms with Crippen molar-refractivity contribution >= 4 is 0 Å². The van der Waals surface area contributed by atoms with E-state index in [1.54, 1.807) is 4.43 Å². The van der Waals surface area contributed by atoms with Gasteiger partial charge in [0.25, 0.3) is 0 Å². The fraction of sp³-hybridized carbons (Fsp3) is 1.00. The van der Waals surface area contributed by atoms with E-state index in [4.69, 9.17) is 0 Å². The van der Waals surface area contributed by atoms with Gasteiger partial charge >= 0.3 is 47.3 Å². The van der Waals surface area contributed by atoms with E-state index in [0.717, 1.165) is 21.2 Å². The summed E-state index contributed by atoms with van der Waals surface area (Å²) in [5.74, 6) is 4.01. The SMILES string of the molecule is C1[I-]C2C3C1C23. The molecule has 2 saturated heterocycles. The number of halogens is 1. The van der Waals surface area contributed by atoms with Crippen LogP contribution in [0.2, 0.25) is 0 Å². The molecule has 6 heavy (non-hydrogen) atoms. The van der Waals surface area contributed by atoms with Crippen molar-refractivity contribution in [2.24, 2.45) is 17.8 Å². The Labute approximate surface area is 47.6 Å². The van der Waals surface area contributed by atoms with Gasteiger partial charge in [0.1, 0.15) is 0 Å². The van der Waals surface area contributed by atoms with Crippen LogP contribution in [-0.2, 0) is 0 Å². The zero-order valence-corrected chi connectivity index (χ0v) is 5.55. The quantitative estimate of drug-likeness (QED) is 0.291. The number of alkyl halides is 2. The van der Waals surface area contributed by atoms with Crippen LogP contribution in [0, 0.1) is 17.8 Å². The van der Waals surface area contributed by atoms with Crippen LogP contribution in [0.3, 0.4) is 0 Å². The summed E-state index contributed by atoms with van der Waals surface area (Å²) in [5.41, 5.74) is 0. The third kappa shape index (κ3) is 0.139. The summed E-state index contributed by atoms with van der Waals surface area (Å²) in [4.78, 5) is 0. The van der Waals surface area contributed by atoms with Crippen LogP contribution in [0.5, 0.6) is 0 Å². The molecule has 2 bridgehead atoms. The summed E-state index contributed by atoms with van der Waals surface area (Å²) in [7, 11) is 0. The Kier molecular flexibility index (Phi) is 0.286. The summed E-state index contributed by atoms with van der Waals surface area (Å²) in [6.45, 7) is 0. The predicted molar refractivity (Wildman–Crippen MR) is 19.1 cm³/mol. The summed E-state index contributed by atoms with van der Waals surface area (Å²) < 4.78 is 3.09. The molecular formula is C5H6I-. The summed E-state index contributed by atoms with van der Waals surface area (Å²) in [6, 6.07) is 0. The van der Waals surface area contributed by atoms with Crippen LogP contribution in [0.25, 0.3) is 0 Å². The van der Waals surface area contributed by atoms with E-state index in [1.165, 1.54) is 21.7 Å². The van der Waals surface area contributed by atoms with Gasteiger partial charge in [-0.05, 0) is 0 Å². The molecule has 1 heteroatoms. The van der Waals surface area contributed by atoms with Gasteiger partial charge in [-0.2, -0.15) is 0 Å². The molecule has 0 aromatic carbocycles. The van der Waals surface area contributed by atoms with Crippen LogP contribution in [-0.4, -0.2) is 8.35 Å². The number of hydrogen-bond acceptors (Lipinski definition) is 0. The molecule has 0 amide bonds. The Balaban J connectivity index is 2.21. The van der Waals surface area contributed by atoms with Crippen molar-refractivity contribution in [3.05, 3.63) is 0 Å². The second-order valence-electron chi connectivity index (χ2n) is 2.57. The van der Waals surface area contributed by atoms with E-state index in [-0.39, 0.29) is 0 Å². The number of fused-ring (bicyclic) bond motifs is 1. The zero-order valence-electron chi connectivity index (χ0n) is 3.39. The molecule has 0 radical (unpaired) electrons. The molecular weight excluding hydrogens is 187 g/mol. The molecule has 0 aromatic rings. The van der Waals surface area contributed by atoms with Crippen molar-refractivity contribution in [2.75, 3.05) is 4.43 Å². The van der Waals surface area contributed by atoms with E-state index in [9.17, 15) is 0 Å². The molecule has 2 aliphatic heterocycles. The van der Waals surface area contributed by atoms with Crippen molar-refractivity contribution < 1.29 is 21.2 Å². The molecule has 4 aliphatic rings. The Morgan fingerprint density at radius 2 is 2.17 bits per heavy atom. The summed E-state index contributed by atoms with van der Waals surface area (Å²) in [5, 5.41) is 0. The molecule has 2 aliphatic carbocycles. The van der Waals surface area contributed by atoms with Gasteiger partial charge in [0.2, 0.25) is 0 Å². The molecule has 4 rings (SSSR count). The third-order valence-corrected chi connectivity index (χ3v) is 6.54. The molecule has 0 nitrogen and oxygen atoms in total. The third-order valence-electron chi connectivity index (χ3n) is 2.33. The second-order valence-corrected chi connectivity index (χ2v) is 5.77. The summed E-state index contributed by atoms with van der Waals surface area (Å²) >= 11 is 0.791. The van der Waals surface area contributed by atoms with E-state index < -0.39 is 0 Å². The minimum atomic E-state index is 0.791. The molecule has 4 fully saturated rings. The Hall–Kier alpha value is 0.730. The van der Waals surface area contributed by atoms with Crippen molar-refractivity contribution in [3.63, 3.8) is 0 Å². The standard InChI is InChI=1S/C5H6I/c1-2-3-4(2)5(3)6-1/h2-5H,1H2/q-1. The first kappa shape index (κ1) is 2.90. The van der Waals surface area contributed by atoms with Crippen molar-refractivity contribution in [1.29, 1.82) is 0 Å². The Bertz CT molecular complexity index is 76.5. The maximum absolute atomic E-state index is 1.71. The summed E-state index contributed by atoms with van der Waals surface area (Å²) in [6.07, 6.45) is 0. The monoisotopic (exact) mass is 193 g/mol. The van der Waals surface area contributed by atoms with Gasteiger partial charge in [0, 0.05) is 0 Å². The first-order valence-corrected chi connectivity index (χ1v) is 5.33. The molecule has 34 valence electrons. The fourth-order valence-corrected chi connectivity index (χ4v) is 7.00. The average molecular weight is 193 g/mol. The van der Waals surface area contributed by atoms with Gasteiger partial charge in [-0.3, -0.25) is 0 Å². The predicted octanol–water partition coefficient (Wildman–Crippen LogP) is -2.67. The van der Waals surface area contributed by atoms with E-state index in [0.29, 0.717) is 0 Å². The van der Waals surface area contributed by atoms with Crippen LogP contribution in [0.15, 0.2) is 0 Å². The Morgan fingerprint density at radius 3 is 2.33 bits per heavy atom. The van der Waals surface area contributed by atoms with Gasteiger partial charge in [-0.15, -0.1) is 0 Å². The maximum atomic E-state index is 1.71. The topological polar surface area (TPSA) is 0 Å². The van der Waals surface area contributed by atoms with E-state index in [2.05, 4.69) is 0 Å². The number of hydrogen-bond donors (Lipinski definition) is 0. The van der Waals surface area contributed by atoms with Crippen molar-refractivity contribution in [2.45, 2.75) is 3.92 Å². The molecule has 2 saturated carbocycles. The molecule has 0 N–H and O–H groups in total. The first-order valence-electron chi connectivity index (χ1n) is 2.56. The van der Waals surface area contributed by atoms with Gasteiger partial charge in [0.05, 0.1) is 0 Å².